The number of imide groups is 1. The molecule has 2 aromatic carbocycles. The van der Waals surface area contributed by atoms with E-state index in [9.17, 15) is 24.5 Å². The summed E-state index contributed by atoms with van der Waals surface area (Å²) >= 11 is 0. The lowest BCUT2D eigenvalue weighted by Crippen LogP contribution is -2.54. The molecule has 4 aliphatic heterocycles. The molecule has 2 aromatic rings. The number of nitro groups is 1. The average Bonchev–Trinajstić information content (AvgIpc) is 3.47. The van der Waals surface area contributed by atoms with E-state index in [4.69, 9.17) is 0 Å². The summed E-state index contributed by atoms with van der Waals surface area (Å²) in [5.41, 5.74) is 0.911. The number of anilines is 2. The molecule has 0 saturated carbocycles. The van der Waals surface area contributed by atoms with Crippen molar-refractivity contribution in [1.29, 1.82) is 0 Å². The van der Waals surface area contributed by atoms with E-state index >= 15 is 0 Å². The second-order valence-electron chi connectivity index (χ2n) is 8.91. The van der Waals surface area contributed by atoms with E-state index in [1.807, 2.05) is 24.3 Å². The van der Waals surface area contributed by atoms with Gasteiger partial charge in [-0.05, 0) is 44.0 Å². The Morgan fingerprint density at radius 1 is 1.12 bits per heavy atom. The summed E-state index contributed by atoms with van der Waals surface area (Å²) in [4.78, 5) is 54.9. The topological polar surface area (TPSA) is 113 Å². The van der Waals surface area contributed by atoms with Crippen LogP contribution in [0.2, 0.25) is 0 Å². The number of benzene rings is 2. The molecule has 32 heavy (non-hydrogen) atoms. The molecule has 9 nitrogen and oxygen atoms in total. The molecule has 3 saturated heterocycles. The van der Waals surface area contributed by atoms with Gasteiger partial charge in [0, 0.05) is 29.4 Å². The number of nitro benzene ring substituents is 1. The van der Waals surface area contributed by atoms with E-state index in [0.717, 1.165) is 23.3 Å². The lowest BCUT2D eigenvalue weighted by Gasteiger charge is -2.36. The third-order valence-corrected chi connectivity index (χ3v) is 7.53. The normalized spacial score (nSPS) is 30.6. The molecule has 9 heteroatoms. The van der Waals surface area contributed by atoms with Crippen molar-refractivity contribution in [3.8, 4) is 0 Å². The lowest BCUT2D eigenvalue weighted by atomic mass is 9.75. The van der Waals surface area contributed by atoms with Crippen LogP contribution in [0, 0.1) is 28.9 Å². The van der Waals surface area contributed by atoms with E-state index in [2.05, 4.69) is 10.2 Å². The molecular formula is C23H20N4O5. The highest BCUT2D eigenvalue weighted by Crippen LogP contribution is 2.60. The maximum Gasteiger partial charge on any atom is 0.269 e. The van der Waals surface area contributed by atoms with Gasteiger partial charge in [-0.2, -0.15) is 0 Å². The first-order valence-electron chi connectivity index (χ1n) is 10.7. The van der Waals surface area contributed by atoms with Crippen molar-refractivity contribution < 1.29 is 19.3 Å². The fraction of sp³-hybridized carbons (Fsp3) is 0.348. The number of amides is 3. The van der Waals surface area contributed by atoms with Gasteiger partial charge in [-0.1, -0.05) is 18.2 Å². The molecule has 4 heterocycles. The maximum absolute atomic E-state index is 13.9. The predicted octanol–water partition coefficient (Wildman–Crippen LogP) is 2.33. The van der Waals surface area contributed by atoms with Crippen molar-refractivity contribution in [1.82, 2.24) is 4.90 Å². The summed E-state index contributed by atoms with van der Waals surface area (Å²) in [6.45, 7) is 2.29. The minimum absolute atomic E-state index is 0.104. The fourth-order valence-corrected chi connectivity index (χ4v) is 6.40. The van der Waals surface area contributed by atoms with Crippen molar-refractivity contribution in [3.63, 3.8) is 0 Å². The number of nitrogens with one attached hydrogen (secondary N) is 1. The highest BCUT2D eigenvalue weighted by Gasteiger charge is 2.74. The van der Waals surface area contributed by atoms with Crippen LogP contribution in [0.3, 0.4) is 0 Å². The molecule has 0 unspecified atom stereocenters. The van der Waals surface area contributed by atoms with Gasteiger partial charge in [-0.3, -0.25) is 29.4 Å². The number of para-hydroxylation sites is 1. The summed E-state index contributed by atoms with van der Waals surface area (Å²) in [6, 6.07) is 11.3. The van der Waals surface area contributed by atoms with Gasteiger partial charge in [0.25, 0.3) is 5.69 Å². The number of aryl methyl sites for hydroxylation is 1. The van der Waals surface area contributed by atoms with Crippen LogP contribution in [0.25, 0.3) is 0 Å². The molecule has 0 aromatic heterocycles. The van der Waals surface area contributed by atoms with Crippen LogP contribution >= 0.6 is 0 Å². The molecule has 1 spiro atoms. The zero-order valence-corrected chi connectivity index (χ0v) is 17.3. The third kappa shape index (κ3) is 2.09. The first-order chi connectivity index (χ1) is 15.4. The summed E-state index contributed by atoms with van der Waals surface area (Å²) < 4.78 is 0. The van der Waals surface area contributed by atoms with Crippen LogP contribution in [0.4, 0.5) is 17.1 Å². The number of fused-ring (bicyclic) bond motifs is 7. The van der Waals surface area contributed by atoms with E-state index < -0.39 is 28.2 Å². The predicted molar refractivity (Wildman–Crippen MR) is 114 cm³/mol. The van der Waals surface area contributed by atoms with Gasteiger partial charge in [-0.15, -0.1) is 0 Å². The van der Waals surface area contributed by atoms with Gasteiger partial charge in [-0.25, -0.2) is 4.90 Å². The van der Waals surface area contributed by atoms with Crippen molar-refractivity contribution in [3.05, 3.63) is 63.7 Å². The lowest BCUT2D eigenvalue weighted by molar-refractivity contribution is -0.384. The Morgan fingerprint density at radius 3 is 2.66 bits per heavy atom. The van der Waals surface area contributed by atoms with Crippen LogP contribution < -0.4 is 10.2 Å². The summed E-state index contributed by atoms with van der Waals surface area (Å²) in [5, 5.41) is 14.1. The van der Waals surface area contributed by atoms with Crippen molar-refractivity contribution in [2.75, 3.05) is 16.8 Å². The van der Waals surface area contributed by atoms with E-state index in [0.29, 0.717) is 23.5 Å². The standard InChI is InChI=1S/C23H20N4O5/c1-12-11-13(27(31)32)8-9-16(12)26-20(28)18-17-7-4-10-25(17)23(19(18)21(26)29)14-5-2-3-6-15(14)24-22(23)30/h2-3,5-6,8-9,11,17-19H,4,7,10H2,1H3,(H,24,30)/t17-,18-,19+,23-/m1/s1. The molecule has 4 aliphatic rings. The highest BCUT2D eigenvalue weighted by molar-refractivity contribution is 6.26. The highest BCUT2D eigenvalue weighted by atomic mass is 16.6. The molecule has 0 aliphatic carbocycles. The molecule has 0 radical (unpaired) electrons. The van der Waals surface area contributed by atoms with Gasteiger partial charge >= 0.3 is 0 Å². The summed E-state index contributed by atoms with van der Waals surface area (Å²) in [5.74, 6) is -2.47. The SMILES string of the molecule is Cc1cc([N+](=O)[O-])ccc1N1C(=O)[C@@H]2[C@H]3CCCN3[C@@]3(C(=O)Nc4ccccc43)[C@@H]2C1=O. The molecule has 4 atom stereocenters. The van der Waals surface area contributed by atoms with Crippen LogP contribution in [0.15, 0.2) is 42.5 Å². The fourth-order valence-electron chi connectivity index (χ4n) is 6.40. The minimum atomic E-state index is -1.21. The van der Waals surface area contributed by atoms with Gasteiger partial charge in [0.1, 0.15) is 5.54 Å². The van der Waals surface area contributed by atoms with Crippen LogP contribution in [0.5, 0.6) is 0 Å². The Labute approximate surface area is 183 Å². The summed E-state index contributed by atoms with van der Waals surface area (Å²) in [6.07, 6.45) is 1.59. The number of carbonyl (C=O) groups excluding carboxylic acids is 3. The van der Waals surface area contributed by atoms with Gasteiger partial charge < -0.3 is 5.32 Å². The molecule has 6 rings (SSSR count). The zero-order chi connectivity index (χ0) is 22.4. The van der Waals surface area contributed by atoms with Crippen molar-refractivity contribution in [2.24, 2.45) is 11.8 Å². The van der Waals surface area contributed by atoms with Crippen LogP contribution in [-0.2, 0) is 19.9 Å². The van der Waals surface area contributed by atoms with Crippen molar-refractivity contribution in [2.45, 2.75) is 31.3 Å². The van der Waals surface area contributed by atoms with E-state index in [1.165, 1.54) is 18.2 Å². The number of hydrogen-bond donors (Lipinski definition) is 1. The van der Waals surface area contributed by atoms with Gasteiger partial charge in [0.2, 0.25) is 17.7 Å². The molecule has 0 bridgehead atoms. The Hall–Kier alpha value is -3.59. The number of rotatable bonds is 2. The molecular weight excluding hydrogens is 412 g/mol. The molecule has 1 N–H and O–H groups in total. The smallest absolute Gasteiger partial charge is 0.269 e. The largest absolute Gasteiger partial charge is 0.324 e. The van der Waals surface area contributed by atoms with E-state index in [1.54, 1.807) is 6.92 Å². The third-order valence-electron chi connectivity index (χ3n) is 7.53. The second-order valence-corrected chi connectivity index (χ2v) is 8.91. The summed E-state index contributed by atoms with van der Waals surface area (Å²) in [7, 11) is 0. The Balaban J connectivity index is 1.52. The first kappa shape index (κ1) is 19.1. The maximum atomic E-state index is 13.9. The van der Waals surface area contributed by atoms with Crippen molar-refractivity contribution >= 4 is 34.8 Å². The number of hydrogen-bond acceptors (Lipinski definition) is 6. The average molecular weight is 432 g/mol. The van der Waals surface area contributed by atoms with E-state index in [-0.39, 0.29) is 23.5 Å². The van der Waals surface area contributed by atoms with Crippen LogP contribution in [0.1, 0.15) is 24.0 Å². The number of carbonyl (C=O) groups is 3. The van der Waals surface area contributed by atoms with Crippen LogP contribution in [-0.4, -0.2) is 40.1 Å². The Morgan fingerprint density at radius 2 is 1.91 bits per heavy atom. The Kier molecular flexibility index (Phi) is 3.72. The van der Waals surface area contributed by atoms with Gasteiger partial charge in [0.05, 0.1) is 22.4 Å². The number of non-ortho nitro benzene ring substituents is 1. The Bertz CT molecular complexity index is 1240. The molecule has 3 amide bonds. The van der Waals surface area contributed by atoms with Gasteiger partial charge in [0.15, 0.2) is 0 Å². The number of nitrogens with zero attached hydrogens (tertiary/aromatic N) is 3. The first-order valence-corrected chi connectivity index (χ1v) is 10.7. The second kappa shape index (κ2) is 6.23. The monoisotopic (exact) mass is 432 g/mol. The zero-order valence-electron chi connectivity index (χ0n) is 17.3. The molecule has 162 valence electrons. The minimum Gasteiger partial charge on any atom is -0.324 e. The molecule has 3 fully saturated rings. The quantitative estimate of drug-likeness (QED) is 0.443.